The van der Waals surface area contributed by atoms with Crippen molar-refractivity contribution in [2.75, 3.05) is 11.9 Å². The molecule has 0 saturated carbocycles. The van der Waals surface area contributed by atoms with Crippen LogP contribution in [0, 0.1) is 11.6 Å². The van der Waals surface area contributed by atoms with Crippen LogP contribution in [0.2, 0.25) is 5.02 Å². The van der Waals surface area contributed by atoms with E-state index in [1.807, 2.05) is 0 Å². The molecule has 0 aliphatic heterocycles. The molecule has 1 aromatic heterocycles. The Bertz CT molecular complexity index is 1290. The van der Waals surface area contributed by atoms with Crippen molar-refractivity contribution in [3.05, 3.63) is 81.5 Å². The quantitative estimate of drug-likeness (QED) is 0.192. The van der Waals surface area contributed by atoms with Crippen LogP contribution >= 0.6 is 11.6 Å². The summed E-state index contributed by atoms with van der Waals surface area (Å²) in [5, 5.41) is 22.0. The number of carboxylic acids is 1. The number of aliphatic carboxylic acids is 1. The van der Waals surface area contributed by atoms with Crippen molar-refractivity contribution in [3.63, 3.8) is 0 Å². The van der Waals surface area contributed by atoms with Crippen LogP contribution < -0.4 is 45.5 Å². The van der Waals surface area contributed by atoms with E-state index >= 15 is 0 Å². The van der Waals surface area contributed by atoms with Gasteiger partial charge in [0.15, 0.2) is 17.5 Å². The standard InChI is InChI=1S/C22H18ClF2N5O5.Na.H/c23-14-8-16(25)15(24)7-13(14)21(34)28-18-9-17(29-30-18)22(35)27-10-11-1-3-12(4-2-11)20(33)26-6-5-19(31)32;;/h1-4,7-9H,5-6,10H2,(H,26,33)(H,27,35)(H,31,32)(H2,28,29,30,34);;/q;+1;-1. The van der Waals surface area contributed by atoms with Crippen molar-refractivity contribution < 1.29 is 64.0 Å². The van der Waals surface area contributed by atoms with Gasteiger partial charge in [0.05, 0.1) is 17.0 Å². The number of H-pyrrole nitrogens is 1. The first-order valence-electron chi connectivity index (χ1n) is 10.0. The number of halogens is 3. The number of carbonyl (C=O) groups is 4. The number of nitrogens with zero attached hydrogens (tertiary/aromatic N) is 1. The summed E-state index contributed by atoms with van der Waals surface area (Å²) in [4.78, 5) is 47.1. The molecule has 184 valence electrons. The second-order valence-electron chi connectivity index (χ2n) is 7.15. The van der Waals surface area contributed by atoms with E-state index in [0.29, 0.717) is 23.3 Å². The predicted molar refractivity (Wildman–Crippen MR) is 121 cm³/mol. The molecule has 0 bridgehead atoms. The van der Waals surface area contributed by atoms with Crippen molar-refractivity contribution >= 4 is 41.1 Å². The number of nitrogens with one attached hydrogen (secondary N) is 4. The summed E-state index contributed by atoms with van der Waals surface area (Å²) in [5.74, 6) is -5.31. The van der Waals surface area contributed by atoms with E-state index in [1.54, 1.807) is 12.1 Å². The van der Waals surface area contributed by atoms with Gasteiger partial charge in [-0.3, -0.25) is 24.3 Å². The summed E-state index contributed by atoms with van der Waals surface area (Å²) < 4.78 is 26.6. The number of amides is 3. The van der Waals surface area contributed by atoms with Crippen molar-refractivity contribution in [3.8, 4) is 0 Å². The monoisotopic (exact) mass is 529 g/mol. The van der Waals surface area contributed by atoms with E-state index in [2.05, 4.69) is 26.1 Å². The van der Waals surface area contributed by atoms with Crippen LogP contribution in [0.4, 0.5) is 14.6 Å². The molecule has 10 nitrogen and oxygen atoms in total. The van der Waals surface area contributed by atoms with E-state index in [1.165, 1.54) is 18.2 Å². The van der Waals surface area contributed by atoms with Crippen LogP contribution in [0.25, 0.3) is 0 Å². The van der Waals surface area contributed by atoms with Gasteiger partial charge in [0, 0.05) is 24.7 Å². The van der Waals surface area contributed by atoms with Gasteiger partial charge in [0.25, 0.3) is 17.7 Å². The SMILES string of the molecule is O=C(O)CCNC(=O)c1ccc(CNC(=O)c2cc(NC(=O)c3cc(F)c(F)cc3Cl)n[nH]2)cc1.[H-].[Na+]. The molecule has 3 amide bonds. The average Bonchev–Trinajstić information content (AvgIpc) is 3.28. The van der Waals surface area contributed by atoms with Gasteiger partial charge in [-0.05, 0) is 29.8 Å². The molecule has 2 aromatic carbocycles. The van der Waals surface area contributed by atoms with E-state index in [0.717, 1.165) is 0 Å². The van der Waals surface area contributed by atoms with E-state index in [-0.39, 0.29) is 72.6 Å². The molecule has 3 rings (SSSR count). The van der Waals surface area contributed by atoms with Gasteiger partial charge < -0.3 is 22.5 Å². The van der Waals surface area contributed by atoms with Crippen LogP contribution in [-0.4, -0.2) is 45.5 Å². The Morgan fingerprint density at radius 2 is 1.64 bits per heavy atom. The second-order valence-corrected chi connectivity index (χ2v) is 7.55. The van der Waals surface area contributed by atoms with E-state index < -0.39 is 35.3 Å². The van der Waals surface area contributed by atoms with Crippen molar-refractivity contribution in [1.29, 1.82) is 0 Å². The Morgan fingerprint density at radius 1 is 0.972 bits per heavy atom. The van der Waals surface area contributed by atoms with Crippen molar-refractivity contribution in [2.24, 2.45) is 0 Å². The van der Waals surface area contributed by atoms with Crippen LogP contribution in [0.3, 0.4) is 0 Å². The molecule has 3 aromatic rings. The minimum absolute atomic E-state index is 0. The molecule has 1 heterocycles. The maximum atomic E-state index is 13.4. The predicted octanol–water partition coefficient (Wildman–Crippen LogP) is -0.155. The molecule has 36 heavy (non-hydrogen) atoms. The molecule has 0 spiro atoms. The van der Waals surface area contributed by atoms with Crippen molar-refractivity contribution in [2.45, 2.75) is 13.0 Å². The molecule has 0 unspecified atom stereocenters. The zero-order valence-corrected chi connectivity index (χ0v) is 21.6. The number of rotatable bonds is 9. The third kappa shape index (κ3) is 7.85. The molecule has 0 aliphatic rings. The summed E-state index contributed by atoms with van der Waals surface area (Å²) in [6.07, 6.45) is -0.187. The second kappa shape index (κ2) is 13.1. The molecule has 0 aliphatic carbocycles. The fraction of sp³-hybridized carbons (Fsp3) is 0.136. The fourth-order valence-corrected chi connectivity index (χ4v) is 3.06. The van der Waals surface area contributed by atoms with Crippen LogP contribution in [0.5, 0.6) is 0 Å². The number of aromatic amines is 1. The Hall–Kier alpha value is -3.32. The Morgan fingerprint density at radius 3 is 2.31 bits per heavy atom. The molecule has 0 saturated heterocycles. The number of hydrogen-bond donors (Lipinski definition) is 5. The third-order valence-corrected chi connectivity index (χ3v) is 4.93. The number of carboxylic acid groups (broad SMARTS) is 1. The Kier molecular flexibility index (Phi) is 10.5. The summed E-state index contributed by atoms with van der Waals surface area (Å²) in [7, 11) is 0. The van der Waals surface area contributed by atoms with Crippen LogP contribution in [-0.2, 0) is 11.3 Å². The van der Waals surface area contributed by atoms with Gasteiger partial charge >= 0.3 is 35.5 Å². The summed E-state index contributed by atoms with van der Waals surface area (Å²) in [6, 6.07) is 8.88. The van der Waals surface area contributed by atoms with E-state index in [9.17, 15) is 28.0 Å². The number of hydrogen-bond acceptors (Lipinski definition) is 5. The Balaban J connectivity index is 0.00000342. The number of carbonyl (C=O) groups excluding carboxylic acids is 3. The molecular weight excluding hydrogens is 511 g/mol. The third-order valence-electron chi connectivity index (χ3n) is 4.61. The zero-order chi connectivity index (χ0) is 25.5. The van der Waals surface area contributed by atoms with Crippen LogP contribution in [0.1, 0.15) is 44.6 Å². The topological polar surface area (TPSA) is 153 Å². The summed E-state index contributed by atoms with van der Waals surface area (Å²) >= 11 is 5.78. The average molecular weight is 530 g/mol. The number of benzene rings is 2. The first-order chi connectivity index (χ1) is 16.6. The van der Waals surface area contributed by atoms with Gasteiger partial charge in [-0.2, -0.15) is 5.10 Å². The molecule has 0 atom stereocenters. The summed E-state index contributed by atoms with van der Waals surface area (Å²) in [6.45, 7) is 0.122. The first kappa shape index (κ1) is 28.9. The van der Waals surface area contributed by atoms with Crippen molar-refractivity contribution in [1.82, 2.24) is 20.8 Å². The van der Waals surface area contributed by atoms with Gasteiger partial charge in [-0.1, -0.05) is 23.7 Å². The van der Waals surface area contributed by atoms with Gasteiger partial charge in [-0.25, -0.2) is 8.78 Å². The van der Waals surface area contributed by atoms with Crippen LogP contribution in [0.15, 0.2) is 42.5 Å². The number of anilines is 1. The fourth-order valence-electron chi connectivity index (χ4n) is 2.82. The molecule has 0 fully saturated rings. The largest absolute Gasteiger partial charge is 1.00 e. The maximum absolute atomic E-state index is 13.4. The first-order valence-corrected chi connectivity index (χ1v) is 10.4. The van der Waals surface area contributed by atoms with Gasteiger partial charge in [0.2, 0.25) is 0 Å². The van der Waals surface area contributed by atoms with Gasteiger partial charge in [-0.15, -0.1) is 0 Å². The smallest absolute Gasteiger partial charge is 1.00 e. The maximum Gasteiger partial charge on any atom is 1.00 e. The summed E-state index contributed by atoms with van der Waals surface area (Å²) in [5.41, 5.74) is 0.728. The molecule has 14 heteroatoms. The minimum Gasteiger partial charge on any atom is -1.00 e. The van der Waals surface area contributed by atoms with Gasteiger partial charge in [0.1, 0.15) is 5.69 Å². The molecule has 5 N–H and O–H groups in total. The number of aromatic nitrogens is 2. The normalized spacial score (nSPS) is 10.2. The minimum atomic E-state index is -1.24. The zero-order valence-electron chi connectivity index (χ0n) is 19.8. The molecular formula is C22H19ClF2N5NaO5. The Labute approximate surface area is 231 Å². The molecule has 0 radical (unpaired) electrons. The van der Waals surface area contributed by atoms with E-state index in [4.69, 9.17) is 16.7 Å².